The summed E-state index contributed by atoms with van der Waals surface area (Å²) in [7, 11) is 1.71. The van der Waals surface area contributed by atoms with Crippen LogP contribution in [0.4, 0.5) is 8.78 Å². The highest BCUT2D eigenvalue weighted by molar-refractivity contribution is 4.81. The van der Waals surface area contributed by atoms with E-state index in [0.717, 1.165) is 0 Å². The van der Waals surface area contributed by atoms with E-state index in [4.69, 9.17) is 0 Å². The number of nitrogens with zero attached hydrogens (tertiary/aromatic N) is 1. The lowest BCUT2D eigenvalue weighted by Crippen LogP contribution is -2.13. The SMILES string of the molecule is CN1CC(F)C(F)C1. The number of alkyl halides is 2. The highest BCUT2D eigenvalue weighted by Gasteiger charge is 2.29. The fourth-order valence-corrected chi connectivity index (χ4v) is 0.899. The molecule has 2 unspecified atom stereocenters. The van der Waals surface area contributed by atoms with Crippen LogP contribution in [0.15, 0.2) is 0 Å². The molecule has 3 heteroatoms. The third-order valence-electron chi connectivity index (χ3n) is 1.36. The van der Waals surface area contributed by atoms with Gasteiger partial charge in [0.05, 0.1) is 0 Å². The van der Waals surface area contributed by atoms with Crippen LogP contribution in [0.5, 0.6) is 0 Å². The highest BCUT2D eigenvalue weighted by Crippen LogP contribution is 2.13. The predicted octanol–water partition coefficient (Wildman–Crippen LogP) is 0.608. The Morgan fingerprint density at radius 1 is 1.25 bits per heavy atom. The van der Waals surface area contributed by atoms with Crippen molar-refractivity contribution in [1.82, 2.24) is 4.90 Å². The van der Waals surface area contributed by atoms with Gasteiger partial charge in [-0.2, -0.15) is 0 Å². The van der Waals surface area contributed by atoms with Crippen molar-refractivity contribution in [3.05, 3.63) is 0 Å². The van der Waals surface area contributed by atoms with Crippen molar-refractivity contribution in [3.8, 4) is 0 Å². The predicted molar refractivity (Wildman–Crippen MR) is 27.3 cm³/mol. The first-order valence-corrected chi connectivity index (χ1v) is 2.67. The zero-order chi connectivity index (χ0) is 6.15. The van der Waals surface area contributed by atoms with Gasteiger partial charge in [0, 0.05) is 13.1 Å². The molecule has 1 aliphatic heterocycles. The molecule has 0 N–H and O–H groups in total. The van der Waals surface area contributed by atoms with Crippen LogP contribution in [-0.2, 0) is 0 Å². The second-order valence-electron chi connectivity index (χ2n) is 2.25. The second kappa shape index (κ2) is 1.97. The summed E-state index contributed by atoms with van der Waals surface area (Å²) in [6, 6.07) is 0. The highest BCUT2D eigenvalue weighted by atomic mass is 19.2. The minimum atomic E-state index is -1.25. The van der Waals surface area contributed by atoms with E-state index < -0.39 is 12.3 Å². The van der Waals surface area contributed by atoms with Crippen LogP contribution in [0.2, 0.25) is 0 Å². The summed E-state index contributed by atoms with van der Waals surface area (Å²) in [5.74, 6) is 0. The maximum Gasteiger partial charge on any atom is 0.145 e. The molecule has 0 aromatic rings. The van der Waals surface area contributed by atoms with E-state index in [1.165, 1.54) is 0 Å². The molecule has 0 radical (unpaired) electrons. The number of rotatable bonds is 0. The minimum absolute atomic E-state index is 0.251. The van der Waals surface area contributed by atoms with E-state index in [9.17, 15) is 8.78 Å². The molecule has 0 bridgehead atoms. The lowest BCUT2D eigenvalue weighted by atomic mass is 10.3. The Hall–Kier alpha value is -0.180. The van der Waals surface area contributed by atoms with Gasteiger partial charge in [0.25, 0.3) is 0 Å². The first kappa shape index (κ1) is 5.95. The summed E-state index contributed by atoms with van der Waals surface area (Å²) in [4.78, 5) is 1.65. The van der Waals surface area contributed by atoms with Crippen molar-refractivity contribution in [1.29, 1.82) is 0 Å². The Morgan fingerprint density at radius 3 is 1.75 bits per heavy atom. The maximum atomic E-state index is 12.2. The van der Waals surface area contributed by atoms with Crippen LogP contribution in [0.3, 0.4) is 0 Å². The fourth-order valence-electron chi connectivity index (χ4n) is 0.899. The Balaban J connectivity index is 2.39. The average Bonchev–Trinajstić information content (AvgIpc) is 1.85. The molecule has 0 aliphatic carbocycles. The molecule has 0 saturated carbocycles. The van der Waals surface area contributed by atoms with Gasteiger partial charge < -0.3 is 4.90 Å². The molecule has 0 spiro atoms. The van der Waals surface area contributed by atoms with Crippen molar-refractivity contribution in [3.63, 3.8) is 0 Å². The summed E-state index contributed by atoms with van der Waals surface area (Å²) in [6.45, 7) is 0.502. The van der Waals surface area contributed by atoms with Crippen LogP contribution in [0.1, 0.15) is 0 Å². The monoisotopic (exact) mass is 121 g/mol. The molecule has 1 rings (SSSR count). The number of halogens is 2. The van der Waals surface area contributed by atoms with Crippen molar-refractivity contribution in [2.24, 2.45) is 0 Å². The van der Waals surface area contributed by atoms with Gasteiger partial charge >= 0.3 is 0 Å². The van der Waals surface area contributed by atoms with Crippen molar-refractivity contribution < 1.29 is 8.78 Å². The molecule has 0 amide bonds. The third-order valence-corrected chi connectivity index (χ3v) is 1.36. The average molecular weight is 121 g/mol. The number of likely N-dealkylation sites (tertiary alicyclic amines) is 1. The Kier molecular flexibility index (Phi) is 1.47. The molecule has 1 heterocycles. The smallest absolute Gasteiger partial charge is 0.145 e. The van der Waals surface area contributed by atoms with Gasteiger partial charge in [0.2, 0.25) is 0 Å². The largest absolute Gasteiger partial charge is 0.300 e. The molecule has 1 fully saturated rings. The lowest BCUT2D eigenvalue weighted by molar-refractivity contribution is 0.217. The molecule has 8 heavy (non-hydrogen) atoms. The van der Waals surface area contributed by atoms with E-state index in [1.54, 1.807) is 11.9 Å². The van der Waals surface area contributed by atoms with E-state index in [2.05, 4.69) is 0 Å². The van der Waals surface area contributed by atoms with Crippen molar-refractivity contribution in [2.75, 3.05) is 20.1 Å². The second-order valence-corrected chi connectivity index (χ2v) is 2.25. The van der Waals surface area contributed by atoms with Crippen LogP contribution >= 0.6 is 0 Å². The van der Waals surface area contributed by atoms with Gasteiger partial charge in [-0.1, -0.05) is 0 Å². The van der Waals surface area contributed by atoms with Crippen LogP contribution in [-0.4, -0.2) is 37.4 Å². The first-order valence-electron chi connectivity index (χ1n) is 2.67. The van der Waals surface area contributed by atoms with E-state index in [1.807, 2.05) is 0 Å². The molecule has 2 atom stereocenters. The molecule has 1 nitrogen and oxygen atoms in total. The quantitative estimate of drug-likeness (QED) is 0.454. The summed E-state index contributed by atoms with van der Waals surface area (Å²) < 4.78 is 24.3. The molecule has 1 aliphatic rings. The summed E-state index contributed by atoms with van der Waals surface area (Å²) in [5.41, 5.74) is 0. The maximum absolute atomic E-state index is 12.2. The van der Waals surface area contributed by atoms with Crippen LogP contribution < -0.4 is 0 Å². The topological polar surface area (TPSA) is 3.24 Å². The Labute approximate surface area is 47.3 Å². The van der Waals surface area contributed by atoms with Crippen LogP contribution in [0, 0.1) is 0 Å². The van der Waals surface area contributed by atoms with Gasteiger partial charge in [-0.05, 0) is 7.05 Å². The standard InChI is InChI=1S/C5H9F2N/c1-8-2-4(6)5(7)3-8/h4-5H,2-3H2,1H3. The van der Waals surface area contributed by atoms with Gasteiger partial charge in [0.1, 0.15) is 12.3 Å². The molecule has 0 aromatic carbocycles. The van der Waals surface area contributed by atoms with Gasteiger partial charge in [0.15, 0.2) is 0 Å². The fraction of sp³-hybridized carbons (Fsp3) is 1.00. The molecule has 48 valence electrons. The van der Waals surface area contributed by atoms with E-state index in [-0.39, 0.29) is 13.1 Å². The summed E-state index contributed by atoms with van der Waals surface area (Å²) in [5, 5.41) is 0. The van der Waals surface area contributed by atoms with Crippen molar-refractivity contribution in [2.45, 2.75) is 12.3 Å². The van der Waals surface area contributed by atoms with Gasteiger partial charge in [-0.25, -0.2) is 8.78 Å². The van der Waals surface area contributed by atoms with Crippen molar-refractivity contribution >= 4 is 0 Å². The Morgan fingerprint density at radius 2 is 1.62 bits per heavy atom. The number of hydrogen-bond donors (Lipinski definition) is 0. The van der Waals surface area contributed by atoms with Crippen LogP contribution in [0.25, 0.3) is 0 Å². The summed E-state index contributed by atoms with van der Waals surface area (Å²) in [6.07, 6.45) is -2.50. The molecular weight excluding hydrogens is 112 g/mol. The van der Waals surface area contributed by atoms with Gasteiger partial charge in [-0.15, -0.1) is 0 Å². The third kappa shape index (κ3) is 0.968. The normalized spacial score (nSPS) is 40.9. The van der Waals surface area contributed by atoms with E-state index >= 15 is 0 Å². The van der Waals surface area contributed by atoms with Gasteiger partial charge in [-0.3, -0.25) is 0 Å². The molecule has 0 aromatic heterocycles. The molecule has 1 saturated heterocycles. The lowest BCUT2D eigenvalue weighted by Gasteiger charge is -2.01. The first-order chi connectivity index (χ1) is 3.70. The summed E-state index contributed by atoms with van der Waals surface area (Å²) >= 11 is 0. The molecular formula is C5H9F2N. The van der Waals surface area contributed by atoms with E-state index in [0.29, 0.717) is 0 Å². The zero-order valence-electron chi connectivity index (χ0n) is 4.77. The Bertz CT molecular complexity index is 76.5. The zero-order valence-corrected chi connectivity index (χ0v) is 4.77. The minimum Gasteiger partial charge on any atom is -0.300 e. The number of hydrogen-bond acceptors (Lipinski definition) is 1.